The van der Waals surface area contributed by atoms with Crippen LogP contribution in [0.25, 0.3) is 0 Å². The molecule has 0 radical (unpaired) electrons. The van der Waals surface area contributed by atoms with Gasteiger partial charge in [-0.05, 0) is 39.7 Å². The Hall–Kier alpha value is -0.660. The summed E-state index contributed by atoms with van der Waals surface area (Å²) in [4.78, 5) is 5.98. The molecule has 0 aromatic carbocycles. The van der Waals surface area contributed by atoms with E-state index in [4.69, 9.17) is 0 Å². The van der Waals surface area contributed by atoms with Crippen molar-refractivity contribution < 1.29 is 18.3 Å². The summed E-state index contributed by atoms with van der Waals surface area (Å²) in [5.41, 5.74) is -1.18. The summed E-state index contributed by atoms with van der Waals surface area (Å²) in [6, 6.07) is 0.379. The molecule has 0 aliphatic carbocycles. The second kappa shape index (κ2) is 5.61. The van der Waals surface area contributed by atoms with Gasteiger partial charge in [0.25, 0.3) is 0 Å². The van der Waals surface area contributed by atoms with Crippen molar-refractivity contribution in [1.29, 1.82) is 0 Å². The number of likely N-dealkylation sites (tertiary alicyclic amines) is 1. The van der Waals surface area contributed by atoms with Gasteiger partial charge in [-0.25, -0.2) is 4.98 Å². The molecule has 1 fully saturated rings. The summed E-state index contributed by atoms with van der Waals surface area (Å²) in [5, 5.41) is 9.79. The molecule has 1 aromatic rings. The fraction of sp³-hybridized carbons (Fsp3) is 0.769. The van der Waals surface area contributed by atoms with E-state index in [0.717, 1.165) is 13.0 Å². The van der Waals surface area contributed by atoms with Crippen molar-refractivity contribution in [3.8, 4) is 0 Å². The highest BCUT2D eigenvalue weighted by Crippen LogP contribution is 2.40. The van der Waals surface area contributed by atoms with Gasteiger partial charge in [-0.15, -0.1) is 11.3 Å². The zero-order chi connectivity index (χ0) is 15.0. The number of thiazole rings is 1. The Labute approximate surface area is 120 Å². The smallest absolute Gasteiger partial charge is 0.384 e. The second-order valence-electron chi connectivity index (χ2n) is 5.54. The Morgan fingerprint density at radius 2 is 2.05 bits per heavy atom. The van der Waals surface area contributed by atoms with Crippen LogP contribution in [0.15, 0.2) is 6.20 Å². The molecular formula is C13H19F3N2OS. The molecule has 3 nitrogen and oxygen atoms in total. The van der Waals surface area contributed by atoms with Gasteiger partial charge < -0.3 is 10.0 Å². The molecule has 0 amide bonds. The molecule has 20 heavy (non-hydrogen) atoms. The number of hydrogen-bond donors (Lipinski definition) is 1. The summed E-state index contributed by atoms with van der Waals surface area (Å²) in [7, 11) is 0. The Morgan fingerprint density at radius 1 is 1.35 bits per heavy atom. The molecule has 0 saturated carbocycles. The molecule has 0 spiro atoms. The van der Waals surface area contributed by atoms with E-state index >= 15 is 0 Å². The van der Waals surface area contributed by atoms with E-state index in [1.54, 1.807) is 0 Å². The van der Waals surface area contributed by atoms with E-state index in [2.05, 4.69) is 23.7 Å². The van der Waals surface area contributed by atoms with Crippen LogP contribution in [0, 0.1) is 0 Å². The third kappa shape index (κ3) is 3.32. The van der Waals surface area contributed by atoms with Crippen LogP contribution in [-0.4, -0.2) is 34.1 Å². The average Bonchev–Trinajstić information content (AvgIpc) is 2.75. The SMILES string of the molecule is CC(C)N1CCCC(O)(c2cnc(C(F)(F)F)s2)CC1. The number of alkyl halides is 3. The van der Waals surface area contributed by atoms with Gasteiger partial charge in [0, 0.05) is 18.8 Å². The minimum absolute atomic E-state index is 0.329. The average molecular weight is 308 g/mol. The molecule has 1 aromatic heterocycles. The van der Waals surface area contributed by atoms with Crippen LogP contribution in [-0.2, 0) is 11.8 Å². The fourth-order valence-electron chi connectivity index (χ4n) is 2.52. The molecule has 2 heterocycles. The predicted molar refractivity (Wildman–Crippen MR) is 71.6 cm³/mol. The van der Waals surface area contributed by atoms with Crippen LogP contribution in [0.2, 0.25) is 0 Å². The standard InChI is InChI=1S/C13H19F3N2OS/c1-9(2)18-6-3-4-12(19,5-7-18)10-8-17-11(20-10)13(14,15)16/h8-9,19H,3-7H2,1-2H3. The van der Waals surface area contributed by atoms with E-state index in [1.807, 2.05) is 0 Å². The lowest BCUT2D eigenvalue weighted by Crippen LogP contribution is -2.33. The molecule has 1 aliphatic rings. The van der Waals surface area contributed by atoms with E-state index in [1.165, 1.54) is 6.20 Å². The normalized spacial score (nSPS) is 25.9. The topological polar surface area (TPSA) is 36.4 Å². The molecule has 1 N–H and O–H groups in total. The van der Waals surface area contributed by atoms with Crippen molar-refractivity contribution in [1.82, 2.24) is 9.88 Å². The van der Waals surface area contributed by atoms with E-state index in [-0.39, 0.29) is 0 Å². The first-order valence-electron chi connectivity index (χ1n) is 6.72. The minimum Gasteiger partial charge on any atom is -0.384 e. The highest BCUT2D eigenvalue weighted by Gasteiger charge is 2.39. The van der Waals surface area contributed by atoms with Crippen LogP contribution in [0.5, 0.6) is 0 Å². The molecular weight excluding hydrogens is 289 g/mol. The first-order chi connectivity index (χ1) is 9.22. The lowest BCUT2D eigenvalue weighted by Gasteiger charge is -2.27. The van der Waals surface area contributed by atoms with Crippen molar-refractivity contribution in [2.45, 2.75) is 50.9 Å². The minimum atomic E-state index is -4.44. The van der Waals surface area contributed by atoms with Crippen molar-refractivity contribution >= 4 is 11.3 Å². The number of aromatic nitrogens is 1. The molecule has 2 rings (SSSR count). The molecule has 1 atom stereocenters. The monoisotopic (exact) mass is 308 g/mol. The highest BCUT2D eigenvalue weighted by atomic mass is 32.1. The van der Waals surface area contributed by atoms with Crippen molar-refractivity contribution in [2.24, 2.45) is 0 Å². The Balaban J connectivity index is 2.16. The summed E-state index contributed by atoms with van der Waals surface area (Å²) in [5.74, 6) is 0. The number of nitrogens with zero attached hydrogens (tertiary/aromatic N) is 2. The summed E-state index contributed by atoms with van der Waals surface area (Å²) in [6.45, 7) is 5.72. The summed E-state index contributed by atoms with van der Waals surface area (Å²) in [6.07, 6.45) is -1.55. The fourth-order valence-corrected chi connectivity index (χ4v) is 3.45. The third-order valence-corrected chi connectivity index (χ3v) is 5.02. The van der Waals surface area contributed by atoms with Crippen LogP contribution in [0.4, 0.5) is 13.2 Å². The van der Waals surface area contributed by atoms with Gasteiger partial charge in [0.15, 0.2) is 5.01 Å². The van der Waals surface area contributed by atoms with Gasteiger partial charge in [-0.1, -0.05) is 0 Å². The van der Waals surface area contributed by atoms with Gasteiger partial charge >= 0.3 is 6.18 Å². The lowest BCUT2D eigenvalue weighted by atomic mass is 9.94. The first kappa shape index (κ1) is 15.7. The lowest BCUT2D eigenvalue weighted by molar-refractivity contribution is -0.137. The summed E-state index contributed by atoms with van der Waals surface area (Å²) >= 11 is 0.559. The van der Waals surface area contributed by atoms with Gasteiger partial charge in [0.2, 0.25) is 0 Å². The van der Waals surface area contributed by atoms with Crippen LogP contribution >= 0.6 is 11.3 Å². The first-order valence-corrected chi connectivity index (χ1v) is 7.54. The van der Waals surface area contributed by atoms with Gasteiger partial charge in [-0.2, -0.15) is 13.2 Å². The molecule has 1 aliphatic heterocycles. The van der Waals surface area contributed by atoms with Gasteiger partial charge in [0.05, 0.1) is 4.88 Å². The molecule has 1 saturated heterocycles. The predicted octanol–water partition coefficient (Wildman–Crippen LogP) is 3.24. The highest BCUT2D eigenvalue weighted by molar-refractivity contribution is 7.11. The number of halogens is 3. The molecule has 7 heteroatoms. The van der Waals surface area contributed by atoms with Crippen LogP contribution in [0.1, 0.15) is 43.0 Å². The van der Waals surface area contributed by atoms with Crippen LogP contribution in [0.3, 0.4) is 0 Å². The Kier molecular flexibility index (Phi) is 4.41. The number of rotatable bonds is 2. The van der Waals surface area contributed by atoms with Gasteiger partial charge in [-0.3, -0.25) is 0 Å². The second-order valence-corrected chi connectivity index (χ2v) is 6.57. The maximum Gasteiger partial charge on any atom is 0.443 e. The maximum atomic E-state index is 12.6. The number of aliphatic hydroxyl groups is 1. The van der Waals surface area contributed by atoms with Crippen LogP contribution < -0.4 is 0 Å². The third-order valence-electron chi connectivity index (χ3n) is 3.79. The molecule has 0 bridgehead atoms. The number of hydrogen-bond acceptors (Lipinski definition) is 4. The molecule has 114 valence electrons. The molecule has 1 unspecified atom stereocenters. The van der Waals surface area contributed by atoms with Crippen molar-refractivity contribution in [2.75, 3.05) is 13.1 Å². The van der Waals surface area contributed by atoms with E-state index < -0.39 is 16.8 Å². The van der Waals surface area contributed by atoms with E-state index in [0.29, 0.717) is 41.6 Å². The Bertz CT molecular complexity index is 461. The van der Waals surface area contributed by atoms with Crippen molar-refractivity contribution in [3.05, 3.63) is 16.1 Å². The van der Waals surface area contributed by atoms with Gasteiger partial charge in [0.1, 0.15) is 5.60 Å². The van der Waals surface area contributed by atoms with Crippen molar-refractivity contribution in [3.63, 3.8) is 0 Å². The summed E-state index contributed by atoms with van der Waals surface area (Å²) < 4.78 is 37.8. The van der Waals surface area contributed by atoms with E-state index in [9.17, 15) is 18.3 Å². The zero-order valence-electron chi connectivity index (χ0n) is 11.6. The quantitative estimate of drug-likeness (QED) is 0.911. The maximum absolute atomic E-state index is 12.6. The largest absolute Gasteiger partial charge is 0.443 e. The zero-order valence-corrected chi connectivity index (χ0v) is 12.4. The Morgan fingerprint density at radius 3 is 2.60 bits per heavy atom.